The normalized spacial score (nSPS) is 14.3. The Kier molecular flexibility index (Phi) is 2.83. The number of Topliss-reactive ketones (excluding diaryl/α,β-unsaturated/α-hetero) is 1. The van der Waals surface area contributed by atoms with Crippen molar-refractivity contribution >= 4 is 23.5 Å². The first kappa shape index (κ1) is 10.6. The third-order valence-corrected chi connectivity index (χ3v) is 2.37. The summed E-state index contributed by atoms with van der Waals surface area (Å²) in [5.41, 5.74) is 1.97. The van der Waals surface area contributed by atoms with E-state index in [-0.39, 0.29) is 0 Å². The van der Waals surface area contributed by atoms with Crippen molar-refractivity contribution in [3.8, 4) is 0 Å². The van der Waals surface area contributed by atoms with Gasteiger partial charge in [0.1, 0.15) is 0 Å². The van der Waals surface area contributed by atoms with Gasteiger partial charge in [0.25, 0.3) is 11.7 Å². The lowest BCUT2D eigenvalue weighted by atomic mass is 10.1. The van der Waals surface area contributed by atoms with E-state index in [4.69, 9.17) is 0 Å². The van der Waals surface area contributed by atoms with Gasteiger partial charge in [-0.05, 0) is 24.7 Å². The van der Waals surface area contributed by atoms with Crippen molar-refractivity contribution in [3.63, 3.8) is 0 Å². The van der Waals surface area contributed by atoms with E-state index < -0.39 is 11.7 Å². The molecule has 2 N–H and O–H groups in total. The molecule has 0 saturated heterocycles. The van der Waals surface area contributed by atoms with Gasteiger partial charge in [-0.3, -0.25) is 9.59 Å². The number of anilines is 1. The van der Waals surface area contributed by atoms with Crippen molar-refractivity contribution in [1.82, 2.24) is 5.32 Å². The first-order valence-electron chi connectivity index (χ1n) is 5.03. The topological polar surface area (TPSA) is 58.2 Å². The van der Waals surface area contributed by atoms with Crippen molar-refractivity contribution in [2.45, 2.75) is 0 Å². The third-order valence-electron chi connectivity index (χ3n) is 2.37. The monoisotopic (exact) mass is 216 g/mol. The maximum atomic E-state index is 11.4. The van der Waals surface area contributed by atoms with E-state index in [9.17, 15) is 9.59 Å². The Labute approximate surface area is 93.3 Å². The van der Waals surface area contributed by atoms with Crippen LogP contribution in [0.25, 0.3) is 6.08 Å². The number of benzene rings is 1. The molecular weight excluding hydrogens is 204 g/mol. The van der Waals surface area contributed by atoms with Gasteiger partial charge >= 0.3 is 0 Å². The average Bonchev–Trinajstić information content (AvgIpc) is 2.56. The van der Waals surface area contributed by atoms with Gasteiger partial charge in [-0.15, -0.1) is 0 Å². The Balaban J connectivity index is 2.27. The lowest BCUT2D eigenvalue weighted by Crippen LogP contribution is -2.12. The van der Waals surface area contributed by atoms with Crippen LogP contribution in [0.4, 0.5) is 5.69 Å². The molecule has 1 amide bonds. The highest BCUT2D eigenvalue weighted by Gasteiger charge is 2.27. The summed E-state index contributed by atoms with van der Waals surface area (Å²) in [4.78, 5) is 22.5. The van der Waals surface area contributed by atoms with E-state index in [1.807, 2.05) is 25.3 Å². The van der Waals surface area contributed by atoms with E-state index in [2.05, 4.69) is 10.6 Å². The minimum Gasteiger partial charge on any atom is -0.318 e. The molecule has 1 heterocycles. The number of rotatable bonds is 3. The molecule has 0 bridgehead atoms. The fraction of sp³-hybridized carbons (Fsp3) is 0.167. The van der Waals surface area contributed by atoms with Crippen molar-refractivity contribution in [2.24, 2.45) is 0 Å². The van der Waals surface area contributed by atoms with Crippen molar-refractivity contribution in [2.75, 3.05) is 18.9 Å². The van der Waals surface area contributed by atoms with Gasteiger partial charge in [0.15, 0.2) is 0 Å². The summed E-state index contributed by atoms with van der Waals surface area (Å²) in [6, 6.07) is 5.34. The minimum absolute atomic E-state index is 0.455. The summed E-state index contributed by atoms with van der Waals surface area (Å²) in [5, 5.41) is 5.50. The van der Waals surface area contributed by atoms with E-state index >= 15 is 0 Å². The number of hydrogen-bond donors (Lipinski definition) is 2. The van der Waals surface area contributed by atoms with Crippen LogP contribution in [0.3, 0.4) is 0 Å². The number of nitrogens with one attached hydrogen (secondary N) is 2. The van der Waals surface area contributed by atoms with Crippen LogP contribution in [0, 0.1) is 0 Å². The number of fused-ring (bicyclic) bond motifs is 1. The zero-order valence-electron chi connectivity index (χ0n) is 8.91. The van der Waals surface area contributed by atoms with E-state index in [0.717, 1.165) is 12.1 Å². The Bertz CT molecular complexity index is 478. The molecule has 0 spiro atoms. The Morgan fingerprint density at radius 3 is 2.94 bits per heavy atom. The lowest BCUT2D eigenvalue weighted by molar-refractivity contribution is -0.112. The SMILES string of the molecule is CNCC=Cc1ccc2c(c1)C(=O)C(=O)N2. The summed E-state index contributed by atoms with van der Waals surface area (Å²) in [6.45, 7) is 0.766. The second-order valence-corrected chi connectivity index (χ2v) is 3.55. The van der Waals surface area contributed by atoms with Gasteiger partial charge in [-0.2, -0.15) is 0 Å². The predicted octanol–water partition coefficient (Wildman–Crippen LogP) is 1.05. The van der Waals surface area contributed by atoms with Crippen LogP contribution in [-0.4, -0.2) is 25.3 Å². The molecule has 0 aliphatic carbocycles. The van der Waals surface area contributed by atoms with Gasteiger partial charge in [-0.25, -0.2) is 0 Å². The highest BCUT2D eigenvalue weighted by molar-refractivity contribution is 6.51. The number of likely N-dealkylation sites (N-methyl/N-ethyl adjacent to an activating group) is 1. The lowest BCUT2D eigenvalue weighted by Gasteiger charge is -1.98. The van der Waals surface area contributed by atoms with Gasteiger partial charge in [0.2, 0.25) is 0 Å². The van der Waals surface area contributed by atoms with Crippen LogP contribution in [0.2, 0.25) is 0 Å². The first-order valence-corrected chi connectivity index (χ1v) is 5.03. The number of carbonyl (C=O) groups excluding carboxylic acids is 2. The fourth-order valence-electron chi connectivity index (χ4n) is 1.58. The second kappa shape index (κ2) is 4.28. The van der Waals surface area contributed by atoms with Gasteiger partial charge in [0.05, 0.1) is 11.3 Å². The number of hydrogen-bond acceptors (Lipinski definition) is 3. The van der Waals surface area contributed by atoms with Gasteiger partial charge in [-0.1, -0.05) is 18.2 Å². The van der Waals surface area contributed by atoms with Crippen LogP contribution in [0.15, 0.2) is 24.3 Å². The Hall–Kier alpha value is -1.94. The number of amides is 1. The standard InChI is InChI=1S/C12H12N2O2/c1-13-6-2-3-8-4-5-10-9(7-8)11(15)12(16)14-10/h2-5,7,13H,6H2,1H3,(H,14,15,16). The zero-order chi connectivity index (χ0) is 11.5. The van der Waals surface area contributed by atoms with Crippen LogP contribution in [0.1, 0.15) is 15.9 Å². The highest BCUT2D eigenvalue weighted by Crippen LogP contribution is 2.24. The maximum Gasteiger partial charge on any atom is 0.296 e. The van der Waals surface area contributed by atoms with Crippen LogP contribution in [-0.2, 0) is 4.79 Å². The third kappa shape index (κ3) is 1.87. The summed E-state index contributed by atoms with van der Waals surface area (Å²) in [5.74, 6) is -1.01. The molecule has 4 nitrogen and oxygen atoms in total. The van der Waals surface area contributed by atoms with E-state index in [1.165, 1.54) is 0 Å². The number of ketones is 1. The summed E-state index contributed by atoms with van der Waals surface area (Å²) in [6.07, 6.45) is 3.86. The molecule has 1 aromatic carbocycles. The molecule has 16 heavy (non-hydrogen) atoms. The summed E-state index contributed by atoms with van der Waals surface area (Å²) >= 11 is 0. The molecule has 0 saturated carbocycles. The number of carbonyl (C=O) groups is 2. The molecule has 0 fully saturated rings. The molecule has 1 aliphatic heterocycles. The van der Waals surface area contributed by atoms with E-state index in [1.54, 1.807) is 12.1 Å². The molecule has 1 aromatic rings. The van der Waals surface area contributed by atoms with Crippen LogP contribution >= 0.6 is 0 Å². The van der Waals surface area contributed by atoms with Gasteiger partial charge in [0, 0.05) is 6.54 Å². The fourth-order valence-corrected chi connectivity index (χ4v) is 1.58. The summed E-state index contributed by atoms with van der Waals surface area (Å²) in [7, 11) is 1.86. The van der Waals surface area contributed by atoms with Crippen LogP contribution in [0.5, 0.6) is 0 Å². The molecule has 1 aliphatic rings. The van der Waals surface area contributed by atoms with Crippen molar-refractivity contribution in [1.29, 1.82) is 0 Å². The molecule has 0 radical (unpaired) electrons. The first-order chi connectivity index (χ1) is 7.72. The smallest absolute Gasteiger partial charge is 0.296 e. The Morgan fingerprint density at radius 2 is 2.19 bits per heavy atom. The molecule has 0 unspecified atom stereocenters. The highest BCUT2D eigenvalue weighted by atomic mass is 16.2. The molecular formula is C12H12N2O2. The molecule has 0 atom stereocenters. The molecule has 4 heteroatoms. The van der Waals surface area contributed by atoms with Crippen molar-refractivity contribution in [3.05, 3.63) is 35.4 Å². The molecule has 2 rings (SSSR count). The summed E-state index contributed by atoms with van der Waals surface area (Å²) < 4.78 is 0. The van der Waals surface area contributed by atoms with E-state index in [0.29, 0.717) is 11.3 Å². The van der Waals surface area contributed by atoms with Crippen molar-refractivity contribution < 1.29 is 9.59 Å². The minimum atomic E-state index is -0.550. The van der Waals surface area contributed by atoms with Crippen LogP contribution < -0.4 is 10.6 Å². The largest absolute Gasteiger partial charge is 0.318 e. The molecule has 82 valence electrons. The average molecular weight is 216 g/mol. The molecule has 0 aromatic heterocycles. The maximum absolute atomic E-state index is 11.4. The quantitative estimate of drug-likeness (QED) is 0.742. The Morgan fingerprint density at radius 1 is 1.38 bits per heavy atom. The predicted molar refractivity (Wildman–Crippen MR) is 62.4 cm³/mol. The zero-order valence-corrected chi connectivity index (χ0v) is 8.91. The second-order valence-electron chi connectivity index (χ2n) is 3.55. The van der Waals surface area contributed by atoms with Gasteiger partial charge < -0.3 is 10.6 Å².